The normalized spacial score (nSPS) is 10.6. The molecule has 0 spiro atoms. The largest absolute Gasteiger partial charge is 0.493 e. The molecular formula is C19H30ClNO2. The number of nitrogens with one attached hydrogen (secondary N) is 1. The Kier molecular flexibility index (Phi) is 10.5. The van der Waals surface area contributed by atoms with E-state index in [9.17, 15) is 4.79 Å². The maximum atomic E-state index is 11.7. The first-order chi connectivity index (χ1) is 11.1. The van der Waals surface area contributed by atoms with Crippen molar-refractivity contribution in [3.8, 4) is 5.75 Å². The highest BCUT2D eigenvalue weighted by molar-refractivity contribution is 6.30. The molecule has 0 unspecified atom stereocenters. The van der Waals surface area contributed by atoms with E-state index in [1.165, 1.54) is 32.1 Å². The molecule has 0 aliphatic rings. The summed E-state index contributed by atoms with van der Waals surface area (Å²) < 4.78 is 5.68. The summed E-state index contributed by atoms with van der Waals surface area (Å²) in [4.78, 5) is 11.7. The van der Waals surface area contributed by atoms with Gasteiger partial charge in [-0.1, -0.05) is 50.6 Å². The van der Waals surface area contributed by atoms with Gasteiger partial charge in [-0.3, -0.25) is 4.79 Å². The van der Waals surface area contributed by atoms with Gasteiger partial charge in [-0.15, -0.1) is 0 Å². The number of hydrogen-bond donors (Lipinski definition) is 1. The van der Waals surface area contributed by atoms with Crippen molar-refractivity contribution in [1.29, 1.82) is 0 Å². The molecule has 130 valence electrons. The van der Waals surface area contributed by atoms with Gasteiger partial charge in [0.15, 0.2) is 0 Å². The van der Waals surface area contributed by atoms with Crippen LogP contribution >= 0.6 is 11.6 Å². The van der Waals surface area contributed by atoms with Gasteiger partial charge in [-0.25, -0.2) is 0 Å². The zero-order valence-corrected chi connectivity index (χ0v) is 15.3. The Morgan fingerprint density at radius 1 is 1.13 bits per heavy atom. The summed E-state index contributed by atoms with van der Waals surface area (Å²) in [6, 6.07) is 5.57. The van der Waals surface area contributed by atoms with Gasteiger partial charge in [-0.2, -0.15) is 0 Å². The Bertz CT molecular complexity index is 463. The van der Waals surface area contributed by atoms with Crippen LogP contribution in [0.25, 0.3) is 0 Å². The predicted molar refractivity (Wildman–Crippen MR) is 97.3 cm³/mol. The van der Waals surface area contributed by atoms with E-state index in [0.717, 1.165) is 30.7 Å². The average molecular weight is 340 g/mol. The van der Waals surface area contributed by atoms with Gasteiger partial charge in [0.25, 0.3) is 0 Å². The first-order valence-corrected chi connectivity index (χ1v) is 9.17. The number of halogens is 1. The van der Waals surface area contributed by atoms with Crippen molar-refractivity contribution in [1.82, 2.24) is 5.32 Å². The van der Waals surface area contributed by atoms with Crippen molar-refractivity contribution in [3.05, 3.63) is 28.8 Å². The molecule has 23 heavy (non-hydrogen) atoms. The van der Waals surface area contributed by atoms with Gasteiger partial charge >= 0.3 is 0 Å². The fraction of sp³-hybridized carbons (Fsp3) is 0.632. The molecule has 0 radical (unpaired) electrons. The Morgan fingerprint density at radius 2 is 1.87 bits per heavy atom. The molecule has 1 aromatic rings. The molecule has 0 saturated carbocycles. The van der Waals surface area contributed by atoms with E-state index in [0.29, 0.717) is 18.1 Å². The third-order valence-corrected chi connectivity index (χ3v) is 4.03. The molecule has 0 atom stereocenters. The number of hydrogen-bond acceptors (Lipinski definition) is 2. The average Bonchev–Trinajstić information content (AvgIpc) is 2.52. The predicted octanol–water partition coefficient (Wildman–Crippen LogP) is 5.28. The highest BCUT2D eigenvalue weighted by Gasteiger charge is 2.03. The molecule has 1 aromatic carbocycles. The summed E-state index contributed by atoms with van der Waals surface area (Å²) in [6.45, 7) is 5.53. The van der Waals surface area contributed by atoms with Gasteiger partial charge in [0.05, 0.1) is 6.61 Å². The molecule has 0 aromatic heterocycles. The lowest BCUT2D eigenvalue weighted by Gasteiger charge is -2.09. The maximum Gasteiger partial charge on any atom is 0.220 e. The van der Waals surface area contributed by atoms with Gasteiger partial charge in [0.1, 0.15) is 5.75 Å². The number of benzene rings is 1. The van der Waals surface area contributed by atoms with E-state index in [2.05, 4.69) is 12.2 Å². The smallest absolute Gasteiger partial charge is 0.220 e. The minimum Gasteiger partial charge on any atom is -0.493 e. The lowest BCUT2D eigenvalue weighted by Crippen LogP contribution is -2.24. The van der Waals surface area contributed by atoms with Crippen molar-refractivity contribution in [2.45, 2.75) is 65.2 Å². The van der Waals surface area contributed by atoms with E-state index in [4.69, 9.17) is 16.3 Å². The van der Waals surface area contributed by atoms with E-state index >= 15 is 0 Å². The lowest BCUT2D eigenvalue weighted by atomic mass is 10.1. The van der Waals surface area contributed by atoms with Crippen molar-refractivity contribution < 1.29 is 9.53 Å². The molecule has 1 rings (SSSR count). The SMILES string of the molecule is CCCCCCCCNC(=O)CCCOc1ccc(Cl)cc1C. The molecule has 4 heteroatoms. The molecule has 3 nitrogen and oxygen atoms in total. The zero-order chi connectivity index (χ0) is 16.9. The molecule has 1 N–H and O–H groups in total. The zero-order valence-electron chi connectivity index (χ0n) is 14.5. The third-order valence-electron chi connectivity index (χ3n) is 3.80. The summed E-state index contributed by atoms with van der Waals surface area (Å²) in [6.07, 6.45) is 8.71. The van der Waals surface area contributed by atoms with Crippen molar-refractivity contribution in [2.75, 3.05) is 13.2 Å². The van der Waals surface area contributed by atoms with Crippen molar-refractivity contribution in [2.24, 2.45) is 0 Å². The Balaban J connectivity index is 2.01. The van der Waals surface area contributed by atoms with Crippen LogP contribution in [-0.2, 0) is 4.79 Å². The molecule has 0 saturated heterocycles. The maximum absolute atomic E-state index is 11.7. The lowest BCUT2D eigenvalue weighted by molar-refractivity contribution is -0.121. The van der Waals surface area contributed by atoms with Crippen LogP contribution in [-0.4, -0.2) is 19.1 Å². The van der Waals surface area contributed by atoms with Crippen LogP contribution in [0.2, 0.25) is 5.02 Å². The Hall–Kier alpha value is -1.22. The summed E-state index contributed by atoms with van der Waals surface area (Å²) in [7, 11) is 0. The van der Waals surface area contributed by atoms with Crippen LogP contribution in [0.3, 0.4) is 0 Å². The number of rotatable bonds is 12. The highest BCUT2D eigenvalue weighted by atomic mass is 35.5. The number of amides is 1. The van der Waals surface area contributed by atoms with Crippen molar-refractivity contribution >= 4 is 17.5 Å². The number of unbranched alkanes of at least 4 members (excludes halogenated alkanes) is 5. The highest BCUT2D eigenvalue weighted by Crippen LogP contribution is 2.21. The Labute approximate surface area is 145 Å². The topological polar surface area (TPSA) is 38.3 Å². The summed E-state index contributed by atoms with van der Waals surface area (Å²) in [5.41, 5.74) is 1.02. The minimum atomic E-state index is 0.120. The van der Waals surface area contributed by atoms with Gasteiger partial charge in [-0.05, 0) is 43.5 Å². The van der Waals surface area contributed by atoms with Gasteiger partial charge < -0.3 is 10.1 Å². The summed E-state index contributed by atoms with van der Waals surface area (Å²) in [5, 5.41) is 3.69. The second kappa shape index (κ2) is 12.2. The summed E-state index contributed by atoms with van der Waals surface area (Å²) >= 11 is 5.91. The molecule has 0 bridgehead atoms. The number of aryl methyl sites for hydroxylation is 1. The van der Waals surface area contributed by atoms with E-state index in [1.807, 2.05) is 25.1 Å². The van der Waals surface area contributed by atoms with E-state index in [1.54, 1.807) is 0 Å². The molecule has 0 fully saturated rings. The monoisotopic (exact) mass is 339 g/mol. The number of carbonyl (C=O) groups excluding carboxylic acids is 1. The molecule has 0 heterocycles. The van der Waals surface area contributed by atoms with E-state index < -0.39 is 0 Å². The first kappa shape index (κ1) is 19.8. The van der Waals surface area contributed by atoms with Gasteiger partial charge in [0.2, 0.25) is 5.91 Å². The second-order valence-corrected chi connectivity index (χ2v) is 6.42. The van der Waals surface area contributed by atoms with Crippen LogP contribution in [0.15, 0.2) is 18.2 Å². The van der Waals surface area contributed by atoms with E-state index in [-0.39, 0.29) is 5.91 Å². The fourth-order valence-electron chi connectivity index (χ4n) is 2.41. The van der Waals surface area contributed by atoms with Gasteiger partial charge in [0, 0.05) is 18.0 Å². The van der Waals surface area contributed by atoms with Crippen LogP contribution in [0.1, 0.15) is 63.9 Å². The first-order valence-electron chi connectivity index (χ1n) is 8.79. The third kappa shape index (κ3) is 9.50. The number of carbonyl (C=O) groups is 1. The van der Waals surface area contributed by atoms with Crippen LogP contribution in [0, 0.1) is 6.92 Å². The summed E-state index contributed by atoms with van der Waals surface area (Å²) in [5.74, 6) is 0.955. The molecule has 0 aliphatic heterocycles. The minimum absolute atomic E-state index is 0.120. The fourth-order valence-corrected chi connectivity index (χ4v) is 2.64. The molecule has 1 amide bonds. The number of ether oxygens (including phenoxy) is 1. The standard InChI is InChI=1S/C19H30ClNO2/c1-3-4-5-6-7-8-13-21-19(22)10-9-14-23-18-12-11-17(20)15-16(18)2/h11-12,15H,3-10,13-14H2,1-2H3,(H,21,22). The van der Waals surface area contributed by atoms with Crippen LogP contribution in [0.4, 0.5) is 0 Å². The van der Waals surface area contributed by atoms with Crippen molar-refractivity contribution in [3.63, 3.8) is 0 Å². The van der Waals surface area contributed by atoms with Crippen LogP contribution in [0.5, 0.6) is 5.75 Å². The Morgan fingerprint density at radius 3 is 2.61 bits per heavy atom. The van der Waals surface area contributed by atoms with Crippen LogP contribution < -0.4 is 10.1 Å². The molecular weight excluding hydrogens is 310 g/mol. The quantitative estimate of drug-likeness (QED) is 0.526. The molecule has 0 aliphatic carbocycles. The second-order valence-electron chi connectivity index (χ2n) is 5.98.